The fourth-order valence-electron chi connectivity index (χ4n) is 2.10. The SMILES string of the molecule is COC(=O)[C@@H]1N[C@H](C(C)(C)C(=O)OC(C)(C)C)SC1(C)C. The summed E-state index contributed by atoms with van der Waals surface area (Å²) in [5.74, 6) is -0.587. The zero-order valence-electron chi connectivity index (χ0n) is 14.2. The smallest absolute Gasteiger partial charge is 0.324 e. The first kappa shape index (κ1) is 18.3. The van der Waals surface area contributed by atoms with Crippen LogP contribution in [-0.4, -0.2) is 40.8 Å². The van der Waals surface area contributed by atoms with E-state index >= 15 is 0 Å². The minimum absolute atomic E-state index is 0.216. The van der Waals surface area contributed by atoms with Crippen LogP contribution in [-0.2, 0) is 19.1 Å². The fraction of sp³-hybridized carbons (Fsp3) is 0.867. The number of nitrogens with one attached hydrogen (secondary N) is 1. The zero-order chi connectivity index (χ0) is 16.6. The topological polar surface area (TPSA) is 64.6 Å². The van der Waals surface area contributed by atoms with E-state index in [-0.39, 0.29) is 22.1 Å². The van der Waals surface area contributed by atoms with E-state index in [1.807, 2.05) is 48.5 Å². The van der Waals surface area contributed by atoms with Gasteiger partial charge in [0.1, 0.15) is 11.6 Å². The first-order valence-electron chi connectivity index (χ1n) is 7.06. The maximum atomic E-state index is 12.4. The van der Waals surface area contributed by atoms with Crippen LogP contribution in [0.15, 0.2) is 0 Å². The summed E-state index contributed by atoms with van der Waals surface area (Å²) < 4.78 is 9.99. The molecule has 2 atom stereocenters. The lowest BCUT2D eigenvalue weighted by Gasteiger charge is -2.32. The van der Waals surface area contributed by atoms with Gasteiger partial charge in [0, 0.05) is 4.75 Å². The molecule has 0 spiro atoms. The Hall–Kier alpha value is -0.750. The van der Waals surface area contributed by atoms with Crippen molar-refractivity contribution in [2.24, 2.45) is 5.41 Å². The lowest BCUT2D eigenvalue weighted by Crippen LogP contribution is -2.50. The van der Waals surface area contributed by atoms with Gasteiger partial charge >= 0.3 is 11.9 Å². The number of methoxy groups -OCH3 is 1. The molecule has 0 saturated carbocycles. The van der Waals surface area contributed by atoms with Crippen LogP contribution < -0.4 is 5.32 Å². The molecule has 1 saturated heterocycles. The zero-order valence-corrected chi connectivity index (χ0v) is 15.0. The van der Waals surface area contributed by atoms with Gasteiger partial charge in [-0.2, -0.15) is 0 Å². The van der Waals surface area contributed by atoms with Crippen LogP contribution in [0.2, 0.25) is 0 Å². The molecule has 0 aromatic rings. The van der Waals surface area contributed by atoms with Crippen molar-refractivity contribution in [3.63, 3.8) is 0 Å². The molecule has 0 aromatic heterocycles. The Morgan fingerprint density at radius 3 is 2.10 bits per heavy atom. The van der Waals surface area contributed by atoms with Crippen molar-refractivity contribution in [2.45, 2.75) is 70.2 Å². The third-order valence-corrected chi connectivity index (χ3v) is 5.26. The maximum Gasteiger partial charge on any atom is 0.324 e. The maximum absolute atomic E-state index is 12.4. The molecule has 0 aliphatic carbocycles. The quantitative estimate of drug-likeness (QED) is 0.806. The molecule has 0 amide bonds. The van der Waals surface area contributed by atoms with Gasteiger partial charge in [-0.1, -0.05) is 0 Å². The number of thioether (sulfide) groups is 1. The molecule has 0 unspecified atom stereocenters. The molecule has 1 heterocycles. The normalized spacial score (nSPS) is 25.5. The molecule has 122 valence electrons. The summed E-state index contributed by atoms with van der Waals surface area (Å²) in [5, 5.41) is 3.01. The monoisotopic (exact) mass is 317 g/mol. The Kier molecular flexibility index (Phi) is 5.05. The molecule has 5 nitrogen and oxygen atoms in total. The number of carbonyl (C=O) groups excluding carboxylic acids is 2. The molecular weight excluding hydrogens is 290 g/mol. The molecule has 1 aliphatic heterocycles. The third-order valence-electron chi connectivity index (χ3n) is 3.45. The van der Waals surface area contributed by atoms with E-state index in [0.717, 1.165) is 0 Å². The number of hydrogen-bond acceptors (Lipinski definition) is 6. The van der Waals surface area contributed by atoms with Gasteiger partial charge in [0.2, 0.25) is 0 Å². The summed E-state index contributed by atoms with van der Waals surface area (Å²) in [6, 6.07) is -0.445. The Balaban J connectivity index is 2.91. The van der Waals surface area contributed by atoms with E-state index in [1.54, 1.807) is 11.8 Å². The summed E-state index contributed by atoms with van der Waals surface area (Å²) in [4.78, 5) is 24.3. The molecule has 0 aromatic carbocycles. The van der Waals surface area contributed by atoms with Crippen LogP contribution in [0.5, 0.6) is 0 Å². The Morgan fingerprint density at radius 1 is 1.14 bits per heavy atom. The Bertz CT molecular complexity index is 426. The first-order valence-corrected chi connectivity index (χ1v) is 7.94. The molecule has 1 rings (SSSR count). The molecule has 6 heteroatoms. The Morgan fingerprint density at radius 2 is 1.67 bits per heavy atom. The number of ether oxygens (including phenoxy) is 2. The van der Waals surface area contributed by atoms with Gasteiger partial charge in [0.05, 0.1) is 17.9 Å². The molecule has 0 bridgehead atoms. The van der Waals surface area contributed by atoms with Crippen molar-refractivity contribution in [1.29, 1.82) is 0 Å². The minimum Gasteiger partial charge on any atom is -0.468 e. The molecule has 1 N–H and O–H groups in total. The van der Waals surface area contributed by atoms with Crippen molar-refractivity contribution in [3.05, 3.63) is 0 Å². The van der Waals surface area contributed by atoms with E-state index in [4.69, 9.17) is 9.47 Å². The van der Waals surface area contributed by atoms with Crippen molar-refractivity contribution in [2.75, 3.05) is 7.11 Å². The highest BCUT2D eigenvalue weighted by atomic mass is 32.2. The highest BCUT2D eigenvalue weighted by Gasteiger charge is 2.53. The van der Waals surface area contributed by atoms with Gasteiger partial charge < -0.3 is 9.47 Å². The van der Waals surface area contributed by atoms with Crippen LogP contribution in [0, 0.1) is 5.41 Å². The lowest BCUT2D eigenvalue weighted by molar-refractivity contribution is -0.166. The molecule has 0 radical (unpaired) electrons. The van der Waals surface area contributed by atoms with E-state index in [1.165, 1.54) is 7.11 Å². The second-order valence-electron chi connectivity index (χ2n) is 7.45. The summed E-state index contributed by atoms with van der Waals surface area (Å²) >= 11 is 1.57. The van der Waals surface area contributed by atoms with Crippen LogP contribution >= 0.6 is 11.8 Å². The van der Waals surface area contributed by atoms with E-state index in [9.17, 15) is 9.59 Å². The van der Waals surface area contributed by atoms with E-state index < -0.39 is 17.1 Å². The number of carbonyl (C=O) groups is 2. The van der Waals surface area contributed by atoms with Gasteiger partial charge in [-0.25, -0.2) is 0 Å². The number of hydrogen-bond donors (Lipinski definition) is 1. The van der Waals surface area contributed by atoms with Crippen molar-refractivity contribution in [1.82, 2.24) is 5.32 Å². The first-order chi connectivity index (χ1) is 9.31. The Labute approximate surface area is 131 Å². The largest absolute Gasteiger partial charge is 0.468 e. The number of esters is 2. The van der Waals surface area contributed by atoms with Gasteiger partial charge in [-0.15, -0.1) is 11.8 Å². The van der Waals surface area contributed by atoms with Crippen LogP contribution in [0.1, 0.15) is 48.5 Å². The minimum atomic E-state index is -0.752. The standard InChI is InChI=1S/C15H27NO4S/c1-13(2,3)20-12(18)14(4,5)11-16-9(10(17)19-8)15(6,7)21-11/h9,11,16H,1-8H3/t9-,11-/m0/s1. The van der Waals surface area contributed by atoms with E-state index in [2.05, 4.69) is 5.32 Å². The predicted octanol–water partition coefficient (Wildman–Crippen LogP) is 2.34. The average Bonchev–Trinajstić information content (AvgIpc) is 2.62. The molecular formula is C15H27NO4S. The molecule has 21 heavy (non-hydrogen) atoms. The van der Waals surface area contributed by atoms with Crippen molar-refractivity contribution < 1.29 is 19.1 Å². The fourth-order valence-corrected chi connectivity index (χ4v) is 3.60. The highest BCUT2D eigenvalue weighted by molar-refractivity contribution is 8.01. The van der Waals surface area contributed by atoms with Gasteiger partial charge in [-0.3, -0.25) is 14.9 Å². The summed E-state index contributed by atoms with van der Waals surface area (Å²) in [7, 11) is 1.37. The average molecular weight is 317 g/mol. The van der Waals surface area contributed by atoms with Crippen LogP contribution in [0.4, 0.5) is 0 Å². The lowest BCUT2D eigenvalue weighted by atomic mass is 9.92. The predicted molar refractivity (Wildman–Crippen MR) is 84.0 cm³/mol. The second-order valence-corrected chi connectivity index (χ2v) is 9.21. The molecule has 1 aliphatic rings. The molecule has 1 fully saturated rings. The van der Waals surface area contributed by atoms with Gasteiger partial charge in [0.15, 0.2) is 0 Å². The summed E-state index contributed by atoms with van der Waals surface area (Å²) in [6.07, 6.45) is 0. The van der Waals surface area contributed by atoms with Gasteiger partial charge in [0.25, 0.3) is 0 Å². The summed E-state index contributed by atoms with van der Waals surface area (Å²) in [6.45, 7) is 13.1. The van der Waals surface area contributed by atoms with Crippen LogP contribution in [0.25, 0.3) is 0 Å². The highest BCUT2D eigenvalue weighted by Crippen LogP contribution is 2.45. The second kappa shape index (κ2) is 5.80. The number of rotatable bonds is 3. The third kappa shape index (κ3) is 4.13. The van der Waals surface area contributed by atoms with Crippen LogP contribution in [0.3, 0.4) is 0 Å². The van der Waals surface area contributed by atoms with E-state index in [0.29, 0.717) is 0 Å². The van der Waals surface area contributed by atoms with Crippen molar-refractivity contribution in [3.8, 4) is 0 Å². The van der Waals surface area contributed by atoms with Gasteiger partial charge in [-0.05, 0) is 48.5 Å². The van der Waals surface area contributed by atoms with Crippen molar-refractivity contribution >= 4 is 23.7 Å². The summed E-state index contributed by atoms with van der Waals surface area (Å²) in [5.41, 5.74) is -1.28.